The van der Waals surface area contributed by atoms with Crippen molar-refractivity contribution in [2.24, 2.45) is 16.3 Å². The Bertz CT molecular complexity index is 570. The molecule has 0 aromatic rings. The Kier molecular flexibility index (Phi) is 11.1. The normalized spacial score (nSPS) is 17.5. The van der Waals surface area contributed by atoms with E-state index in [0.29, 0.717) is 37.7 Å². The lowest BCUT2D eigenvalue weighted by Gasteiger charge is -2.33. The zero-order chi connectivity index (χ0) is 21.9. The second kappa shape index (κ2) is 12.8. The molecule has 1 aliphatic carbocycles. The molecule has 7 nitrogen and oxygen atoms in total. The Morgan fingerprint density at radius 2 is 1.52 bits per heavy atom. The molecule has 0 spiro atoms. The number of carbonyl (C=O) groups excluding carboxylic acids is 2. The molecule has 0 aromatic carbocycles. The highest BCUT2D eigenvalue weighted by atomic mass is 16.6. The van der Waals surface area contributed by atoms with Crippen LogP contribution in [0.25, 0.3) is 0 Å². The Morgan fingerprint density at radius 1 is 1.00 bits per heavy atom. The quantitative estimate of drug-likeness (QED) is 0.291. The van der Waals surface area contributed by atoms with Crippen LogP contribution >= 0.6 is 0 Å². The van der Waals surface area contributed by atoms with E-state index in [9.17, 15) is 9.59 Å². The van der Waals surface area contributed by atoms with Crippen LogP contribution in [0, 0.1) is 11.3 Å². The number of hydrogen-bond acceptors (Lipinski definition) is 7. The standard InChI is InChI=1S/C22H37NO6/c1-16(2)23-18-13-17(14-22(3,4)15-18)19(20(26)28-11-7-5-9-24)21(27)29-12-8-6-10-25/h13,16,19,24-25H,5-12,14-15H2,1-4H3. The Balaban J connectivity index is 3.05. The van der Waals surface area contributed by atoms with Crippen LogP contribution in [-0.4, -0.2) is 60.3 Å². The monoisotopic (exact) mass is 411 g/mol. The maximum atomic E-state index is 12.8. The summed E-state index contributed by atoms with van der Waals surface area (Å²) < 4.78 is 10.6. The molecule has 0 unspecified atom stereocenters. The number of aliphatic hydroxyl groups is 2. The fraction of sp³-hybridized carbons (Fsp3) is 0.773. The molecule has 166 valence electrons. The van der Waals surface area contributed by atoms with Gasteiger partial charge in [0.15, 0.2) is 5.92 Å². The van der Waals surface area contributed by atoms with Crippen molar-refractivity contribution >= 4 is 17.7 Å². The highest BCUT2D eigenvalue weighted by Crippen LogP contribution is 2.38. The van der Waals surface area contributed by atoms with Gasteiger partial charge >= 0.3 is 11.9 Å². The van der Waals surface area contributed by atoms with Crippen LogP contribution in [0.5, 0.6) is 0 Å². The number of aliphatic imine (C=N–C) groups is 1. The molecule has 7 heteroatoms. The third-order valence-corrected chi connectivity index (χ3v) is 4.55. The lowest BCUT2D eigenvalue weighted by atomic mass is 9.73. The molecule has 1 aliphatic rings. The summed E-state index contributed by atoms with van der Waals surface area (Å²) in [6, 6.07) is 0.116. The molecule has 29 heavy (non-hydrogen) atoms. The highest BCUT2D eigenvalue weighted by molar-refractivity contribution is 6.03. The number of unbranched alkanes of at least 4 members (excludes halogenated alkanes) is 2. The maximum absolute atomic E-state index is 12.8. The first kappa shape index (κ1) is 25.3. The fourth-order valence-corrected chi connectivity index (χ4v) is 3.36. The average molecular weight is 412 g/mol. The molecule has 0 atom stereocenters. The summed E-state index contributed by atoms with van der Waals surface area (Å²) in [7, 11) is 0. The number of rotatable bonds is 12. The first-order valence-corrected chi connectivity index (χ1v) is 10.5. The smallest absolute Gasteiger partial charge is 0.324 e. The van der Waals surface area contributed by atoms with Crippen molar-refractivity contribution in [3.8, 4) is 0 Å². The van der Waals surface area contributed by atoms with E-state index >= 15 is 0 Å². The topological polar surface area (TPSA) is 105 Å². The Hall–Kier alpha value is -1.73. The number of nitrogens with zero attached hydrogens (tertiary/aromatic N) is 1. The van der Waals surface area contributed by atoms with E-state index in [1.165, 1.54) is 0 Å². The lowest BCUT2D eigenvalue weighted by Crippen LogP contribution is -2.35. The Labute approximate surface area is 174 Å². The van der Waals surface area contributed by atoms with Gasteiger partial charge < -0.3 is 19.7 Å². The van der Waals surface area contributed by atoms with E-state index in [0.717, 1.165) is 12.1 Å². The van der Waals surface area contributed by atoms with Crippen molar-refractivity contribution in [3.63, 3.8) is 0 Å². The number of allylic oxidation sites excluding steroid dienone is 1. The summed E-state index contributed by atoms with van der Waals surface area (Å²) in [6.45, 7) is 8.52. The third-order valence-electron chi connectivity index (χ3n) is 4.55. The summed E-state index contributed by atoms with van der Waals surface area (Å²) in [5.74, 6) is -2.36. The van der Waals surface area contributed by atoms with Crippen molar-refractivity contribution in [2.45, 2.75) is 72.3 Å². The second-order valence-electron chi connectivity index (χ2n) is 8.58. The highest BCUT2D eigenvalue weighted by Gasteiger charge is 2.38. The minimum Gasteiger partial charge on any atom is -0.465 e. The Morgan fingerprint density at radius 3 is 1.97 bits per heavy atom. The van der Waals surface area contributed by atoms with Crippen molar-refractivity contribution < 1.29 is 29.3 Å². The number of ether oxygens (including phenoxy) is 2. The maximum Gasteiger partial charge on any atom is 0.324 e. The zero-order valence-corrected chi connectivity index (χ0v) is 18.3. The second-order valence-corrected chi connectivity index (χ2v) is 8.58. The zero-order valence-electron chi connectivity index (χ0n) is 18.3. The molecule has 0 saturated heterocycles. The van der Waals surface area contributed by atoms with Crippen molar-refractivity contribution in [1.29, 1.82) is 0 Å². The summed E-state index contributed by atoms with van der Waals surface area (Å²) in [5.41, 5.74) is 1.40. The van der Waals surface area contributed by atoms with Crippen LogP contribution in [0.4, 0.5) is 0 Å². The number of aliphatic hydroxyl groups excluding tert-OH is 2. The molecule has 0 fully saturated rings. The van der Waals surface area contributed by atoms with Gasteiger partial charge in [-0.15, -0.1) is 0 Å². The summed E-state index contributed by atoms with van der Waals surface area (Å²) >= 11 is 0. The number of esters is 2. The molecule has 2 N–H and O–H groups in total. The number of carbonyl (C=O) groups is 2. The summed E-state index contributed by atoms with van der Waals surface area (Å²) in [5, 5.41) is 17.8. The van der Waals surface area contributed by atoms with Gasteiger partial charge in [0, 0.05) is 25.0 Å². The van der Waals surface area contributed by atoms with Crippen LogP contribution < -0.4 is 0 Å². The van der Waals surface area contributed by atoms with Gasteiger partial charge in [0.25, 0.3) is 0 Å². The number of hydrogen-bond donors (Lipinski definition) is 2. The molecule has 0 bridgehead atoms. The van der Waals surface area contributed by atoms with Gasteiger partial charge in [-0.3, -0.25) is 14.6 Å². The predicted molar refractivity (Wildman–Crippen MR) is 112 cm³/mol. The molecule has 0 aromatic heterocycles. The molecule has 0 heterocycles. The van der Waals surface area contributed by atoms with Crippen LogP contribution in [0.1, 0.15) is 66.2 Å². The lowest BCUT2D eigenvalue weighted by molar-refractivity contribution is -0.160. The molecule has 0 radical (unpaired) electrons. The van der Waals surface area contributed by atoms with Crippen LogP contribution in [0.2, 0.25) is 0 Å². The van der Waals surface area contributed by atoms with E-state index < -0.39 is 17.9 Å². The van der Waals surface area contributed by atoms with Crippen molar-refractivity contribution in [3.05, 3.63) is 11.6 Å². The van der Waals surface area contributed by atoms with E-state index in [4.69, 9.17) is 19.7 Å². The van der Waals surface area contributed by atoms with Gasteiger partial charge in [-0.25, -0.2) is 0 Å². The van der Waals surface area contributed by atoms with Gasteiger partial charge in [-0.2, -0.15) is 0 Å². The largest absolute Gasteiger partial charge is 0.465 e. The van der Waals surface area contributed by atoms with Gasteiger partial charge in [0.05, 0.1) is 13.2 Å². The van der Waals surface area contributed by atoms with Gasteiger partial charge in [0.2, 0.25) is 0 Å². The SMILES string of the molecule is CC(C)N=C1C=C(C(C(=O)OCCCCO)C(=O)OCCCCO)CC(C)(C)C1. The van der Waals surface area contributed by atoms with Crippen molar-refractivity contribution in [1.82, 2.24) is 0 Å². The molecule has 0 amide bonds. The fourth-order valence-electron chi connectivity index (χ4n) is 3.36. The van der Waals surface area contributed by atoms with Crippen LogP contribution in [-0.2, 0) is 19.1 Å². The predicted octanol–water partition coefficient (Wildman–Crippen LogP) is 2.83. The molecular formula is C22H37NO6. The van der Waals surface area contributed by atoms with Gasteiger partial charge in [-0.05, 0) is 69.4 Å². The van der Waals surface area contributed by atoms with Crippen molar-refractivity contribution in [2.75, 3.05) is 26.4 Å². The van der Waals surface area contributed by atoms with E-state index in [1.807, 2.05) is 19.9 Å². The molecule has 1 rings (SSSR count). The van der Waals surface area contributed by atoms with E-state index in [-0.39, 0.29) is 37.9 Å². The van der Waals surface area contributed by atoms with E-state index in [1.54, 1.807) is 0 Å². The van der Waals surface area contributed by atoms with Crippen LogP contribution in [0.3, 0.4) is 0 Å². The molecule has 0 aliphatic heterocycles. The minimum absolute atomic E-state index is 0.0300. The first-order valence-electron chi connectivity index (χ1n) is 10.5. The average Bonchev–Trinajstić information content (AvgIpc) is 2.60. The van der Waals surface area contributed by atoms with Gasteiger partial charge in [-0.1, -0.05) is 13.8 Å². The molecular weight excluding hydrogens is 374 g/mol. The minimum atomic E-state index is -1.12. The third kappa shape index (κ3) is 9.54. The first-order chi connectivity index (χ1) is 13.7. The van der Waals surface area contributed by atoms with Crippen LogP contribution in [0.15, 0.2) is 16.6 Å². The molecule has 0 saturated carbocycles. The summed E-state index contributed by atoms with van der Waals surface area (Å²) in [6.07, 6.45) is 5.33. The van der Waals surface area contributed by atoms with E-state index in [2.05, 4.69) is 18.8 Å². The summed E-state index contributed by atoms with van der Waals surface area (Å²) in [4.78, 5) is 30.2. The van der Waals surface area contributed by atoms with Gasteiger partial charge in [0.1, 0.15) is 0 Å².